The zero-order chi connectivity index (χ0) is 12.0. The molecule has 0 aliphatic rings. The van der Waals surface area contributed by atoms with Crippen LogP contribution < -0.4 is 4.74 Å². The highest BCUT2D eigenvalue weighted by molar-refractivity contribution is 6.16. The molecule has 16 heavy (non-hydrogen) atoms. The summed E-state index contributed by atoms with van der Waals surface area (Å²) in [6, 6.07) is 3.14. The molecule has 7 heteroatoms. The summed E-state index contributed by atoms with van der Waals surface area (Å²) >= 11 is 5.49. The zero-order valence-electron chi connectivity index (χ0n) is 8.30. The van der Waals surface area contributed by atoms with Crippen LogP contribution in [0.4, 0.5) is 13.2 Å². The molecular formula is C9H10ClF3N2O. The third-order valence-electron chi connectivity index (χ3n) is 1.69. The van der Waals surface area contributed by atoms with E-state index < -0.39 is 12.6 Å². The monoisotopic (exact) mass is 254 g/mol. The Morgan fingerprint density at radius 1 is 1.25 bits per heavy atom. The number of hydrogen-bond donors (Lipinski definition) is 0. The Labute approximate surface area is 95.6 Å². The number of alkyl halides is 4. The maximum Gasteiger partial charge on any atom is 0.389 e. The van der Waals surface area contributed by atoms with Gasteiger partial charge in [0.2, 0.25) is 5.88 Å². The van der Waals surface area contributed by atoms with Crippen molar-refractivity contribution in [2.24, 2.45) is 0 Å². The van der Waals surface area contributed by atoms with Crippen LogP contribution in [-0.2, 0) is 5.88 Å². The molecule has 1 heterocycles. The summed E-state index contributed by atoms with van der Waals surface area (Å²) in [5.41, 5.74) is 0.587. The summed E-state index contributed by atoms with van der Waals surface area (Å²) in [5, 5.41) is 7.34. The van der Waals surface area contributed by atoms with Gasteiger partial charge in [-0.3, -0.25) is 0 Å². The van der Waals surface area contributed by atoms with E-state index in [1.165, 1.54) is 6.07 Å². The van der Waals surface area contributed by atoms with E-state index in [2.05, 4.69) is 10.2 Å². The summed E-state index contributed by atoms with van der Waals surface area (Å²) in [6.45, 7) is -0.0333. The first-order valence-electron chi connectivity index (χ1n) is 4.59. The molecular weight excluding hydrogens is 245 g/mol. The zero-order valence-corrected chi connectivity index (χ0v) is 9.05. The van der Waals surface area contributed by atoms with E-state index in [9.17, 15) is 13.2 Å². The molecule has 0 spiro atoms. The number of rotatable bonds is 5. The Morgan fingerprint density at radius 2 is 2.00 bits per heavy atom. The van der Waals surface area contributed by atoms with E-state index in [0.717, 1.165) is 0 Å². The first-order valence-corrected chi connectivity index (χ1v) is 5.13. The van der Waals surface area contributed by atoms with Crippen LogP contribution in [0.1, 0.15) is 18.5 Å². The van der Waals surface area contributed by atoms with Crippen LogP contribution in [-0.4, -0.2) is 23.0 Å². The van der Waals surface area contributed by atoms with Crippen molar-refractivity contribution in [1.29, 1.82) is 0 Å². The normalized spacial score (nSPS) is 11.5. The molecule has 0 N–H and O–H groups in total. The molecule has 0 saturated carbocycles. The van der Waals surface area contributed by atoms with Crippen LogP contribution in [0.25, 0.3) is 0 Å². The molecule has 1 aromatic heterocycles. The van der Waals surface area contributed by atoms with Crippen molar-refractivity contribution >= 4 is 11.6 Å². The molecule has 0 aromatic carbocycles. The van der Waals surface area contributed by atoms with Crippen LogP contribution in [0.3, 0.4) is 0 Å². The van der Waals surface area contributed by atoms with Crippen molar-refractivity contribution in [2.75, 3.05) is 6.61 Å². The third-order valence-corrected chi connectivity index (χ3v) is 1.96. The first kappa shape index (κ1) is 13.0. The molecule has 0 amide bonds. The lowest BCUT2D eigenvalue weighted by atomic mass is 10.3. The summed E-state index contributed by atoms with van der Waals surface area (Å²) < 4.78 is 40.3. The summed E-state index contributed by atoms with van der Waals surface area (Å²) in [6.07, 6.45) is -5.10. The van der Waals surface area contributed by atoms with Gasteiger partial charge in [-0.15, -0.1) is 16.7 Å². The Balaban J connectivity index is 2.27. The summed E-state index contributed by atoms with van der Waals surface area (Å²) in [5.74, 6) is 0.442. The lowest BCUT2D eigenvalue weighted by molar-refractivity contribution is -0.136. The molecule has 0 atom stereocenters. The van der Waals surface area contributed by atoms with Crippen molar-refractivity contribution in [2.45, 2.75) is 24.9 Å². The van der Waals surface area contributed by atoms with Gasteiger partial charge < -0.3 is 4.74 Å². The second kappa shape index (κ2) is 5.89. The van der Waals surface area contributed by atoms with E-state index in [0.29, 0.717) is 5.69 Å². The van der Waals surface area contributed by atoms with E-state index in [4.69, 9.17) is 16.3 Å². The third kappa shape index (κ3) is 5.16. The maximum atomic E-state index is 11.8. The Morgan fingerprint density at radius 3 is 2.50 bits per heavy atom. The van der Waals surface area contributed by atoms with Gasteiger partial charge in [0.05, 0.1) is 18.2 Å². The van der Waals surface area contributed by atoms with E-state index >= 15 is 0 Å². The number of hydrogen-bond acceptors (Lipinski definition) is 3. The maximum absolute atomic E-state index is 11.8. The van der Waals surface area contributed by atoms with E-state index in [-0.39, 0.29) is 24.8 Å². The standard InChI is InChI=1S/C9H10ClF3N2O/c10-6-7-2-3-8(15-14-7)16-5-1-4-9(11,12)13/h2-3H,1,4-6H2. The van der Waals surface area contributed by atoms with Crippen LogP contribution in [0, 0.1) is 0 Å². The largest absolute Gasteiger partial charge is 0.477 e. The van der Waals surface area contributed by atoms with Crippen molar-refractivity contribution < 1.29 is 17.9 Å². The van der Waals surface area contributed by atoms with Gasteiger partial charge in [-0.1, -0.05) is 0 Å². The second-order valence-electron chi connectivity index (χ2n) is 3.06. The van der Waals surface area contributed by atoms with Crippen LogP contribution in [0.5, 0.6) is 5.88 Å². The molecule has 90 valence electrons. The van der Waals surface area contributed by atoms with Gasteiger partial charge in [-0.2, -0.15) is 18.3 Å². The van der Waals surface area contributed by atoms with Crippen molar-refractivity contribution in [3.8, 4) is 5.88 Å². The van der Waals surface area contributed by atoms with Gasteiger partial charge in [0.15, 0.2) is 0 Å². The highest BCUT2D eigenvalue weighted by atomic mass is 35.5. The second-order valence-corrected chi connectivity index (χ2v) is 3.33. The van der Waals surface area contributed by atoms with Crippen LogP contribution >= 0.6 is 11.6 Å². The molecule has 0 aliphatic heterocycles. The van der Waals surface area contributed by atoms with E-state index in [1.807, 2.05) is 0 Å². The van der Waals surface area contributed by atoms with E-state index in [1.54, 1.807) is 6.07 Å². The lowest BCUT2D eigenvalue weighted by Crippen LogP contribution is -2.10. The van der Waals surface area contributed by atoms with Crippen LogP contribution in [0.15, 0.2) is 12.1 Å². The first-order chi connectivity index (χ1) is 7.51. The molecule has 3 nitrogen and oxygen atoms in total. The quantitative estimate of drug-likeness (QED) is 0.599. The number of ether oxygens (including phenoxy) is 1. The van der Waals surface area contributed by atoms with Crippen molar-refractivity contribution in [3.05, 3.63) is 17.8 Å². The molecule has 0 radical (unpaired) electrons. The van der Waals surface area contributed by atoms with Crippen LogP contribution in [0.2, 0.25) is 0 Å². The molecule has 1 aromatic rings. The van der Waals surface area contributed by atoms with Gasteiger partial charge in [0.1, 0.15) is 0 Å². The molecule has 0 aliphatic carbocycles. The average molecular weight is 255 g/mol. The lowest BCUT2D eigenvalue weighted by Gasteiger charge is -2.07. The Bertz CT molecular complexity index is 316. The minimum Gasteiger partial charge on any atom is -0.477 e. The fourth-order valence-corrected chi connectivity index (χ4v) is 1.09. The molecule has 0 saturated heterocycles. The fourth-order valence-electron chi connectivity index (χ4n) is 0.945. The Kier molecular flexibility index (Phi) is 4.79. The van der Waals surface area contributed by atoms with Crippen molar-refractivity contribution in [1.82, 2.24) is 10.2 Å². The summed E-state index contributed by atoms with van der Waals surface area (Å²) in [4.78, 5) is 0. The minimum atomic E-state index is -4.14. The van der Waals surface area contributed by atoms with Crippen molar-refractivity contribution in [3.63, 3.8) is 0 Å². The predicted molar refractivity (Wildman–Crippen MR) is 52.4 cm³/mol. The van der Waals surface area contributed by atoms with Gasteiger partial charge in [0.25, 0.3) is 0 Å². The molecule has 0 bridgehead atoms. The topological polar surface area (TPSA) is 35.0 Å². The molecule has 1 rings (SSSR count). The Hall–Kier alpha value is -1.04. The summed E-state index contributed by atoms with van der Waals surface area (Å²) in [7, 11) is 0. The van der Waals surface area contributed by atoms with Gasteiger partial charge in [-0.05, 0) is 12.5 Å². The fraction of sp³-hybridized carbons (Fsp3) is 0.556. The highest BCUT2D eigenvalue weighted by Gasteiger charge is 2.26. The number of aromatic nitrogens is 2. The molecule has 0 fully saturated rings. The predicted octanol–water partition coefficient (Wildman–Crippen LogP) is 2.94. The van der Waals surface area contributed by atoms with Gasteiger partial charge in [-0.25, -0.2) is 0 Å². The SMILES string of the molecule is FC(F)(F)CCCOc1ccc(CCl)nn1. The number of nitrogens with zero attached hydrogens (tertiary/aromatic N) is 2. The minimum absolute atomic E-state index is 0.0333. The van der Waals surface area contributed by atoms with Gasteiger partial charge >= 0.3 is 6.18 Å². The molecule has 0 unspecified atom stereocenters. The van der Waals surface area contributed by atoms with Gasteiger partial charge in [0, 0.05) is 12.5 Å². The average Bonchev–Trinajstić information content (AvgIpc) is 2.24. The highest BCUT2D eigenvalue weighted by Crippen LogP contribution is 2.21. The number of halogens is 4. The smallest absolute Gasteiger partial charge is 0.389 e.